The fraction of sp³-hybridized carbons (Fsp3) is 0.167. The summed E-state index contributed by atoms with van der Waals surface area (Å²) in [6.07, 6.45) is 0. The number of thiophene rings is 1. The van der Waals surface area contributed by atoms with Gasteiger partial charge in [0.2, 0.25) is 5.78 Å². The van der Waals surface area contributed by atoms with E-state index in [9.17, 15) is 14.7 Å². The molecule has 2 aromatic carbocycles. The van der Waals surface area contributed by atoms with Crippen LogP contribution in [0.4, 0.5) is 5.69 Å². The zero-order valence-electron chi connectivity index (χ0n) is 16.9. The summed E-state index contributed by atoms with van der Waals surface area (Å²) in [5.41, 5.74) is 3.41. The minimum atomic E-state index is -0.801. The highest BCUT2D eigenvalue weighted by Crippen LogP contribution is 2.45. The molecular weight excluding hydrogens is 398 g/mol. The lowest BCUT2D eigenvalue weighted by atomic mass is 9.94. The fourth-order valence-electron chi connectivity index (χ4n) is 3.71. The number of methoxy groups -OCH3 is 1. The van der Waals surface area contributed by atoms with Crippen LogP contribution in [0.15, 0.2) is 71.3 Å². The molecule has 1 atom stereocenters. The van der Waals surface area contributed by atoms with E-state index < -0.39 is 17.7 Å². The van der Waals surface area contributed by atoms with Crippen LogP contribution >= 0.6 is 11.3 Å². The Kier molecular flexibility index (Phi) is 5.18. The smallest absolute Gasteiger partial charge is 0.294 e. The van der Waals surface area contributed by atoms with Crippen molar-refractivity contribution in [3.63, 3.8) is 0 Å². The van der Waals surface area contributed by atoms with Crippen molar-refractivity contribution >= 4 is 28.7 Å². The van der Waals surface area contributed by atoms with Gasteiger partial charge in [0, 0.05) is 11.3 Å². The van der Waals surface area contributed by atoms with Crippen LogP contribution in [0.1, 0.15) is 32.4 Å². The van der Waals surface area contributed by atoms with Crippen molar-refractivity contribution in [3.05, 3.63) is 92.9 Å². The number of amides is 1. The summed E-state index contributed by atoms with van der Waals surface area (Å²) in [5, 5.41) is 12.6. The Balaban J connectivity index is 1.93. The molecule has 30 heavy (non-hydrogen) atoms. The maximum absolute atomic E-state index is 13.3. The number of ether oxygens (including phenoxy) is 1. The standard InChI is InChI=1S/C24H21NO4S/c1-14-10-11-16(13-15(14)2)25-21(17-7-4-5-8-18(17)29-3)20(23(27)24(25)28)22(26)19-9-6-12-30-19/h4-13,21,27H,1-3H3. The monoisotopic (exact) mass is 419 g/mol. The molecule has 0 aliphatic carbocycles. The van der Waals surface area contributed by atoms with E-state index in [-0.39, 0.29) is 11.4 Å². The topological polar surface area (TPSA) is 66.8 Å². The molecule has 5 nitrogen and oxygen atoms in total. The number of aliphatic hydroxyl groups is 1. The molecule has 0 spiro atoms. The summed E-state index contributed by atoms with van der Waals surface area (Å²) in [6.45, 7) is 3.95. The molecule has 0 saturated heterocycles. The van der Waals surface area contributed by atoms with E-state index in [2.05, 4.69) is 0 Å². The number of rotatable bonds is 5. The first-order chi connectivity index (χ1) is 14.4. The molecule has 4 rings (SSSR count). The average Bonchev–Trinajstić information content (AvgIpc) is 3.37. The summed E-state index contributed by atoms with van der Waals surface area (Å²) in [4.78, 5) is 28.5. The van der Waals surface area contributed by atoms with Crippen molar-refractivity contribution in [2.45, 2.75) is 19.9 Å². The lowest BCUT2D eigenvalue weighted by Crippen LogP contribution is -2.31. The van der Waals surface area contributed by atoms with Gasteiger partial charge in [-0.2, -0.15) is 0 Å². The van der Waals surface area contributed by atoms with Gasteiger partial charge in [0.25, 0.3) is 5.91 Å². The lowest BCUT2D eigenvalue weighted by Gasteiger charge is -2.28. The van der Waals surface area contributed by atoms with Gasteiger partial charge >= 0.3 is 0 Å². The number of para-hydroxylation sites is 1. The minimum Gasteiger partial charge on any atom is -0.503 e. The van der Waals surface area contributed by atoms with Gasteiger partial charge in [-0.25, -0.2) is 0 Å². The third kappa shape index (κ3) is 3.19. The summed E-state index contributed by atoms with van der Waals surface area (Å²) in [5.74, 6) is -0.954. The van der Waals surface area contributed by atoms with Crippen LogP contribution in [0.25, 0.3) is 0 Å². The van der Waals surface area contributed by atoms with Crippen LogP contribution in [-0.4, -0.2) is 23.9 Å². The number of carbonyl (C=O) groups excluding carboxylic acids is 2. The Labute approximate surface area is 178 Å². The van der Waals surface area contributed by atoms with E-state index in [1.807, 2.05) is 50.2 Å². The van der Waals surface area contributed by atoms with E-state index in [0.29, 0.717) is 21.9 Å². The van der Waals surface area contributed by atoms with Gasteiger partial charge in [0.1, 0.15) is 5.75 Å². The van der Waals surface area contributed by atoms with Crippen LogP contribution in [-0.2, 0) is 4.79 Å². The number of aryl methyl sites for hydroxylation is 2. The molecule has 2 heterocycles. The van der Waals surface area contributed by atoms with Crippen LogP contribution in [0.2, 0.25) is 0 Å². The highest BCUT2D eigenvalue weighted by Gasteiger charge is 2.45. The molecule has 6 heteroatoms. The van der Waals surface area contributed by atoms with Crippen molar-refractivity contribution in [1.29, 1.82) is 0 Å². The third-order valence-corrected chi connectivity index (χ3v) is 6.27. The second-order valence-corrected chi connectivity index (χ2v) is 8.10. The van der Waals surface area contributed by atoms with E-state index in [4.69, 9.17) is 4.74 Å². The van der Waals surface area contributed by atoms with Gasteiger partial charge in [-0.1, -0.05) is 30.3 Å². The Morgan fingerprint density at radius 2 is 1.83 bits per heavy atom. The van der Waals surface area contributed by atoms with Crippen LogP contribution < -0.4 is 9.64 Å². The van der Waals surface area contributed by atoms with E-state index >= 15 is 0 Å². The fourth-order valence-corrected chi connectivity index (χ4v) is 4.38. The zero-order valence-corrected chi connectivity index (χ0v) is 17.7. The van der Waals surface area contributed by atoms with E-state index in [1.165, 1.54) is 16.2 Å². The molecule has 0 bridgehead atoms. The molecular formula is C24H21NO4S. The van der Waals surface area contributed by atoms with Crippen LogP contribution in [0, 0.1) is 13.8 Å². The summed E-state index contributed by atoms with van der Waals surface area (Å²) in [6, 6.07) is 15.5. The number of benzene rings is 2. The zero-order chi connectivity index (χ0) is 21.4. The first-order valence-electron chi connectivity index (χ1n) is 9.49. The molecule has 1 unspecified atom stereocenters. The normalized spacial score (nSPS) is 16.3. The summed E-state index contributed by atoms with van der Waals surface area (Å²) >= 11 is 1.27. The van der Waals surface area contributed by atoms with Gasteiger partial charge in [-0.15, -0.1) is 11.3 Å². The number of carbonyl (C=O) groups is 2. The predicted molar refractivity (Wildman–Crippen MR) is 117 cm³/mol. The number of anilines is 1. The SMILES string of the molecule is COc1ccccc1C1C(C(=O)c2cccs2)=C(O)C(=O)N1c1ccc(C)c(C)c1. The Hall–Kier alpha value is -3.38. The molecule has 1 aliphatic heterocycles. The average molecular weight is 420 g/mol. The van der Waals surface area contributed by atoms with Crippen molar-refractivity contribution in [1.82, 2.24) is 0 Å². The highest BCUT2D eigenvalue weighted by molar-refractivity contribution is 7.12. The maximum Gasteiger partial charge on any atom is 0.294 e. The van der Waals surface area contributed by atoms with Crippen molar-refractivity contribution < 1.29 is 19.4 Å². The minimum absolute atomic E-state index is 0.0604. The highest BCUT2D eigenvalue weighted by atomic mass is 32.1. The van der Waals surface area contributed by atoms with Gasteiger partial charge in [0.05, 0.1) is 23.6 Å². The second kappa shape index (κ2) is 7.80. The number of Topliss-reactive ketones (excluding diaryl/α,β-unsaturated/α-hetero) is 1. The molecule has 0 saturated carbocycles. The van der Waals surface area contributed by atoms with Gasteiger partial charge < -0.3 is 9.84 Å². The molecule has 0 fully saturated rings. The number of nitrogens with zero attached hydrogens (tertiary/aromatic N) is 1. The number of hydrogen-bond donors (Lipinski definition) is 1. The third-order valence-electron chi connectivity index (χ3n) is 5.40. The Bertz CT molecular complexity index is 1160. The number of hydrogen-bond acceptors (Lipinski definition) is 5. The number of ketones is 1. The van der Waals surface area contributed by atoms with Gasteiger partial charge in [0.15, 0.2) is 5.76 Å². The Morgan fingerprint density at radius 1 is 1.07 bits per heavy atom. The summed E-state index contributed by atoms with van der Waals surface area (Å²) < 4.78 is 5.52. The van der Waals surface area contributed by atoms with Gasteiger partial charge in [-0.05, 0) is 54.6 Å². The first kappa shape index (κ1) is 19.9. The second-order valence-electron chi connectivity index (χ2n) is 7.16. The Morgan fingerprint density at radius 3 is 2.50 bits per heavy atom. The molecule has 0 radical (unpaired) electrons. The molecule has 1 aliphatic rings. The lowest BCUT2D eigenvalue weighted by molar-refractivity contribution is -0.117. The first-order valence-corrected chi connectivity index (χ1v) is 10.4. The maximum atomic E-state index is 13.3. The van der Waals surface area contributed by atoms with Crippen LogP contribution in [0.5, 0.6) is 5.75 Å². The quantitative estimate of drug-likeness (QED) is 0.581. The van der Waals surface area contributed by atoms with E-state index in [0.717, 1.165) is 11.1 Å². The molecule has 152 valence electrons. The van der Waals surface area contributed by atoms with E-state index in [1.54, 1.807) is 30.7 Å². The molecule has 3 aromatic rings. The largest absolute Gasteiger partial charge is 0.503 e. The molecule has 1 amide bonds. The molecule has 1 aromatic heterocycles. The van der Waals surface area contributed by atoms with Crippen molar-refractivity contribution in [2.24, 2.45) is 0 Å². The number of aliphatic hydroxyl groups excluding tert-OH is 1. The van der Waals surface area contributed by atoms with Crippen molar-refractivity contribution in [3.8, 4) is 5.75 Å². The van der Waals surface area contributed by atoms with Crippen molar-refractivity contribution in [2.75, 3.05) is 12.0 Å². The van der Waals surface area contributed by atoms with Crippen LogP contribution in [0.3, 0.4) is 0 Å². The molecule has 1 N–H and O–H groups in total. The predicted octanol–water partition coefficient (Wildman–Crippen LogP) is 5.16. The van der Waals surface area contributed by atoms with Gasteiger partial charge in [-0.3, -0.25) is 14.5 Å². The summed E-state index contributed by atoms with van der Waals surface area (Å²) in [7, 11) is 1.54.